The zero-order chi connectivity index (χ0) is 15.5. The minimum atomic E-state index is -0.184. The zero-order valence-electron chi connectivity index (χ0n) is 12.4. The van der Waals surface area contributed by atoms with Crippen molar-refractivity contribution in [2.24, 2.45) is 0 Å². The van der Waals surface area contributed by atoms with Crippen molar-refractivity contribution in [1.82, 2.24) is 9.55 Å². The number of ether oxygens (including phenoxy) is 2. The van der Waals surface area contributed by atoms with Gasteiger partial charge < -0.3 is 14.5 Å². The number of benzene rings is 2. The summed E-state index contributed by atoms with van der Waals surface area (Å²) in [6.07, 6.45) is 1.78. The molecule has 1 aromatic heterocycles. The highest BCUT2D eigenvalue weighted by atomic mass is 16.5. The van der Waals surface area contributed by atoms with Crippen LogP contribution < -0.4 is 15.2 Å². The first-order chi connectivity index (χ1) is 10.7. The van der Waals surface area contributed by atoms with Gasteiger partial charge in [0.2, 0.25) is 0 Å². The Morgan fingerprint density at radius 1 is 0.955 bits per heavy atom. The summed E-state index contributed by atoms with van der Waals surface area (Å²) in [6, 6.07) is 15.0. The van der Waals surface area contributed by atoms with Crippen molar-refractivity contribution >= 4 is 0 Å². The number of methoxy groups -OCH3 is 2. The molecular formula is C17H16N2O3. The molecule has 0 saturated heterocycles. The van der Waals surface area contributed by atoms with Gasteiger partial charge in [0.05, 0.1) is 25.6 Å². The fraction of sp³-hybridized carbons (Fsp3) is 0.118. The Labute approximate surface area is 127 Å². The van der Waals surface area contributed by atoms with Gasteiger partial charge in [0.1, 0.15) is 0 Å². The third-order valence-electron chi connectivity index (χ3n) is 3.45. The molecule has 5 nitrogen and oxygen atoms in total. The van der Waals surface area contributed by atoms with Crippen LogP contribution in [-0.2, 0) is 0 Å². The quantitative estimate of drug-likeness (QED) is 0.805. The molecule has 0 aliphatic heterocycles. The smallest absolute Gasteiger partial charge is 0.330 e. The molecule has 0 bridgehead atoms. The maximum Gasteiger partial charge on any atom is 0.330 e. The molecule has 5 heteroatoms. The van der Waals surface area contributed by atoms with Gasteiger partial charge in [-0.15, -0.1) is 0 Å². The fourth-order valence-electron chi connectivity index (χ4n) is 2.33. The first kappa shape index (κ1) is 14.0. The molecule has 0 radical (unpaired) electrons. The summed E-state index contributed by atoms with van der Waals surface area (Å²) in [5.74, 6) is 1.27. The first-order valence-electron chi connectivity index (χ1n) is 6.82. The summed E-state index contributed by atoms with van der Waals surface area (Å²) in [6.45, 7) is 0. The monoisotopic (exact) mass is 296 g/mol. The third-order valence-corrected chi connectivity index (χ3v) is 3.45. The Hall–Kier alpha value is -2.95. The van der Waals surface area contributed by atoms with Crippen LogP contribution in [0.4, 0.5) is 0 Å². The lowest BCUT2D eigenvalue weighted by molar-refractivity contribution is 0.355. The molecule has 0 amide bonds. The largest absolute Gasteiger partial charge is 0.493 e. The van der Waals surface area contributed by atoms with E-state index in [-0.39, 0.29) is 5.69 Å². The van der Waals surface area contributed by atoms with E-state index in [0.717, 1.165) is 16.9 Å². The third kappa shape index (κ3) is 2.48. The van der Waals surface area contributed by atoms with Crippen molar-refractivity contribution in [3.8, 4) is 28.4 Å². The van der Waals surface area contributed by atoms with E-state index in [4.69, 9.17) is 9.47 Å². The predicted molar refractivity (Wildman–Crippen MR) is 84.9 cm³/mol. The van der Waals surface area contributed by atoms with Crippen molar-refractivity contribution in [3.63, 3.8) is 0 Å². The van der Waals surface area contributed by atoms with Crippen molar-refractivity contribution in [1.29, 1.82) is 0 Å². The number of aromatic amines is 1. The van der Waals surface area contributed by atoms with Crippen LogP contribution in [0, 0.1) is 0 Å². The lowest BCUT2D eigenvalue weighted by Crippen LogP contribution is -2.13. The SMILES string of the molecule is COc1ccc(-c2cn(-c3ccccc3)c(=O)[nH]2)cc1OC. The number of hydrogen-bond donors (Lipinski definition) is 1. The highest BCUT2D eigenvalue weighted by Crippen LogP contribution is 2.31. The lowest BCUT2D eigenvalue weighted by atomic mass is 10.1. The predicted octanol–water partition coefficient (Wildman–Crippen LogP) is 2.85. The first-order valence-corrected chi connectivity index (χ1v) is 6.82. The molecule has 0 atom stereocenters. The van der Waals surface area contributed by atoms with Crippen LogP contribution >= 0.6 is 0 Å². The van der Waals surface area contributed by atoms with E-state index in [1.165, 1.54) is 0 Å². The van der Waals surface area contributed by atoms with Crippen LogP contribution in [0.5, 0.6) is 11.5 Å². The van der Waals surface area contributed by atoms with Crippen molar-refractivity contribution in [3.05, 3.63) is 65.2 Å². The van der Waals surface area contributed by atoms with E-state index in [1.807, 2.05) is 48.5 Å². The van der Waals surface area contributed by atoms with Gasteiger partial charge in [-0.25, -0.2) is 4.79 Å². The molecule has 0 unspecified atom stereocenters. The van der Waals surface area contributed by atoms with Gasteiger partial charge in [0, 0.05) is 11.8 Å². The Kier molecular flexibility index (Phi) is 3.70. The number of para-hydroxylation sites is 1. The summed E-state index contributed by atoms with van der Waals surface area (Å²) in [5, 5.41) is 0. The minimum absolute atomic E-state index is 0.184. The summed E-state index contributed by atoms with van der Waals surface area (Å²) < 4.78 is 12.1. The average molecular weight is 296 g/mol. The molecule has 0 fully saturated rings. The number of nitrogens with zero attached hydrogens (tertiary/aromatic N) is 1. The van der Waals surface area contributed by atoms with Gasteiger partial charge in [0.15, 0.2) is 11.5 Å². The average Bonchev–Trinajstić information content (AvgIpc) is 2.97. The van der Waals surface area contributed by atoms with Crippen molar-refractivity contribution < 1.29 is 9.47 Å². The summed E-state index contributed by atoms with van der Waals surface area (Å²) >= 11 is 0. The van der Waals surface area contributed by atoms with Crippen LogP contribution in [0.3, 0.4) is 0 Å². The molecule has 0 saturated carbocycles. The maximum absolute atomic E-state index is 12.1. The Morgan fingerprint density at radius 2 is 1.68 bits per heavy atom. The summed E-state index contributed by atoms with van der Waals surface area (Å²) in [5.41, 5.74) is 2.20. The molecule has 0 aliphatic rings. The second-order valence-electron chi connectivity index (χ2n) is 4.75. The second-order valence-corrected chi connectivity index (χ2v) is 4.75. The van der Waals surface area contributed by atoms with Gasteiger partial charge in [-0.2, -0.15) is 0 Å². The van der Waals surface area contributed by atoms with Crippen LogP contribution in [0.2, 0.25) is 0 Å². The van der Waals surface area contributed by atoms with Gasteiger partial charge in [0.25, 0.3) is 0 Å². The van der Waals surface area contributed by atoms with E-state index >= 15 is 0 Å². The number of hydrogen-bond acceptors (Lipinski definition) is 3. The van der Waals surface area contributed by atoms with Crippen molar-refractivity contribution in [2.75, 3.05) is 14.2 Å². The molecule has 0 aliphatic carbocycles. The van der Waals surface area contributed by atoms with Crippen LogP contribution in [0.25, 0.3) is 16.9 Å². The Bertz CT molecular complexity index is 835. The molecule has 22 heavy (non-hydrogen) atoms. The Morgan fingerprint density at radius 3 is 2.36 bits per heavy atom. The second kappa shape index (κ2) is 5.81. The molecule has 2 aromatic carbocycles. The number of rotatable bonds is 4. The summed E-state index contributed by atoms with van der Waals surface area (Å²) in [7, 11) is 3.17. The molecule has 1 heterocycles. The van der Waals surface area contributed by atoms with Crippen molar-refractivity contribution in [2.45, 2.75) is 0 Å². The number of imidazole rings is 1. The van der Waals surface area contributed by atoms with E-state index in [2.05, 4.69) is 4.98 Å². The molecule has 3 rings (SSSR count). The van der Waals surface area contributed by atoms with Gasteiger partial charge >= 0.3 is 5.69 Å². The highest BCUT2D eigenvalue weighted by Gasteiger charge is 2.10. The lowest BCUT2D eigenvalue weighted by Gasteiger charge is -2.08. The number of nitrogens with one attached hydrogen (secondary N) is 1. The molecule has 1 N–H and O–H groups in total. The van der Waals surface area contributed by atoms with Gasteiger partial charge in [-0.05, 0) is 30.3 Å². The standard InChI is InChI=1S/C17H16N2O3/c1-21-15-9-8-12(10-16(15)22-2)14-11-19(17(20)18-14)13-6-4-3-5-7-13/h3-11H,1-2H3,(H,18,20). The molecule has 0 spiro atoms. The topological polar surface area (TPSA) is 56.2 Å². The fourth-order valence-corrected chi connectivity index (χ4v) is 2.33. The van der Waals surface area contributed by atoms with E-state index < -0.39 is 0 Å². The van der Waals surface area contributed by atoms with Crippen LogP contribution in [0.1, 0.15) is 0 Å². The van der Waals surface area contributed by atoms with Crippen LogP contribution in [0.15, 0.2) is 59.5 Å². The zero-order valence-corrected chi connectivity index (χ0v) is 12.4. The normalized spacial score (nSPS) is 10.5. The number of aromatic nitrogens is 2. The highest BCUT2D eigenvalue weighted by molar-refractivity contribution is 5.64. The van der Waals surface area contributed by atoms with E-state index in [9.17, 15) is 4.79 Å². The van der Waals surface area contributed by atoms with E-state index in [0.29, 0.717) is 11.5 Å². The minimum Gasteiger partial charge on any atom is -0.493 e. The van der Waals surface area contributed by atoms with Gasteiger partial charge in [-0.3, -0.25) is 4.57 Å². The maximum atomic E-state index is 12.1. The summed E-state index contributed by atoms with van der Waals surface area (Å²) in [4.78, 5) is 15.0. The molecular weight excluding hydrogens is 280 g/mol. The van der Waals surface area contributed by atoms with Crippen LogP contribution in [-0.4, -0.2) is 23.8 Å². The van der Waals surface area contributed by atoms with Gasteiger partial charge in [-0.1, -0.05) is 18.2 Å². The Balaban J connectivity index is 2.05. The number of H-pyrrole nitrogens is 1. The molecule has 112 valence electrons. The molecule has 3 aromatic rings. The van der Waals surface area contributed by atoms with E-state index in [1.54, 1.807) is 25.0 Å².